The summed E-state index contributed by atoms with van der Waals surface area (Å²) in [5.41, 5.74) is 9.85. The van der Waals surface area contributed by atoms with Gasteiger partial charge in [0.25, 0.3) is 0 Å². The van der Waals surface area contributed by atoms with Gasteiger partial charge in [-0.2, -0.15) is 0 Å². The van der Waals surface area contributed by atoms with Crippen LogP contribution in [0.4, 0.5) is 11.4 Å². The summed E-state index contributed by atoms with van der Waals surface area (Å²) < 4.78 is 5.78. The van der Waals surface area contributed by atoms with Crippen molar-refractivity contribution in [1.82, 2.24) is 0 Å². The normalized spacial score (nSPS) is 10.2. The average Bonchev–Trinajstić information content (AvgIpc) is 2.40. The van der Waals surface area contributed by atoms with Crippen molar-refractivity contribution in [3.8, 4) is 5.75 Å². The molecular formula is C16H20N2O. The number of nitrogens with two attached hydrogens (primary N) is 1. The van der Waals surface area contributed by atoms with Crippen LogP contribution in [0.25, 0.3) is 0 Å². The van der Waals surface area contributed by atoms with Crippen LogP contribution in [0.2, 0.25) is 0 Å². The molecule has 0 atom stereocenters. The molecule has 0 aromatic heterocycles. The van der Waals surface area contributed by atoms with Crippen LogP contribution in [0.5, 0.6) is 5.75 Å². The first-order valence-corrected chi connectivity index (χ1v) is 6.44. The van der Waals surface area contributed by atoms with Crippen LogP contribution in [-0.2, 0) is 0 Å². The lowest BCUT2D eigenvalue weighted by atomic mass is 10.1. The Bertz CT molecular complexity index is 535. The summed E-state index contributed by atoms with van der Waals surface area (Å²) in [4.78, 5) is 0. The van der Waals surface area contributed by atoms with Gasteiger partial charge in [0.15, 0.2) is 0 Å². The fourth-order valence-electron chi connectivity index (χ4n) is 1.82. The van der Waals surface area contributed by atoms with Crippen LogP contribution in [0.15, 0.2) is 42.5 Å². The molecule has 0 spiro atoms. The molecule has 0 aliphatic carbocycles. The summed E-state index contributed by atoms with van der Waals surface area (Å²) in [7, 11) is 0. The quantitative estimate of drug-likeness (QED) is 0.637. The van der Waals surface area contributed by atoms with Gasteiger partial charge in [0.1, 0.15) is 12.4 Å². The van der Waals surface area contributed by atoms with Gasteiger partial charge in [-0.1, -0.05) is 12.1 Å². The van der Waals surface area contributed by atoms with Crippen LogP contribution in [0.3, 0.4) is 0 Å². The predicted molar refractivity (Wildman–Crippen MR) is 80.8 cm³/mol. The molecule has 3 nitrogen and oxygen atoms in total. The fraction of sp³-hybridized carbons (Fsp3) is 0.250. The molecule has 2 rings (SSSR count). The third kappa shape index (κ3) is 3.91. The number of nitrogen functional groups attached to an aromatic ring is 1. The van der Waals surface area contributed by atoms with Gasteiger partial charge in [0.2, 0.25) is 0 Å². The monoisotopic (exact) mass is 256 g/mol. The van der Waals surface area contributed by atoms with E-state index in [0.717, 1.165) is 29.2 Å². The predicted octanol–water partition coefficient (Wildman–Crippen LogP) is 3.38. The van der Waals surface area contributed by atoms with Gasteiger partial charge in [0, 0.05) is 17.9 Å². The van der Waals surface area contributed by atoms with E-state index < -0.39 is 0 Å². The summed E-state index contributed by atoms with van der Waals surface area (Å²) in [6.07, 6.45) is 0. The minimum absolute atomic E-state index is 0.634. The lowest BCUT2D eigenvalue weighted by Gasteiger charge is -2.11. The number of anilines is 2. The van der Waals surface area contributed by atoms with Crippen molar-refractivity contribution < 1.29 is 4.74 Å². The van der Waals surface area contributed by atoms with Crippen LogP contribution in [-0.4, -0.2) is 13.2 Å². The van der Waals surface area contributed by atoms with E-state index in [1.165, 1.54) is 5.56 Å². The molecule has 100 valence electrons. The molecule has 0 aliphatic rings. The minimum Gasteiger partial charge on any atom is -0.491 e. The molecule has 3 heteroatoms. The molecule has 0 bridgehead atoms. The second kappa shape index (κ2) is 6.14. The zero-order chi connectivity index (χ0) is 13.7. The van der Waals surface area contributed by atoms with Crippen molar-refractivity contribution in [2.75, 3.05) is 24.2 Å². The summed E-state index contributed by atoms with van der Waals surface area (Å²) in [5, 5.41) is 3.30. The third-order valence-electron chi connectivity index (χ3n) is 2.94. The Hall–Kier alpha value is -2.16. The summed E-state index contributed by atoms with van der Waals surface area (Å²) >= 11 is 0. The number of rotatable bonds is 5. The second-order valence-electron chi connectivity index (χ2n) is 4.67. The average molecular weight is 256 g/mol. The first kappa shape index (κ1) is 13.3. The zero-order valence-electron chi connectivity index (χ0n) is 11.4. The summed E-state index contributed by atoms with van der Waals surface area (Å²) in [6.45, 7) is 5.52. The smallest absolute Gasteiger partial charge is 0.122 e. The van der Waals surface area contributed by atoms with Crippen LogP contribution in [0.1, 0.15) is 11.1 Å². The topological polar surface area (TPSA) is 47.3 Å². The number of nitrogens with one attached hydrogen (secondary N) is 1. The van der Waals surface area contributed by atoms with Crippen LogP contribution >= 0.6 is 0 Å². The van der Waals surface area contributed by atoms with Gasteiger partial charge in [-0.25, -0.2) is 0 Å². The van der Waals surface area contributed by atoms with Crippen LogP contribution < -0.4 is 15.8 Å². The molecule has 0 radical (unpaired) electrons. The van der Waals surface area contributed by atoms with E-state index in [9.17, 15) is 0 Å². The van der Waals surface area contributed by atoms with Crippen LogP contribution in [0, 0.1) is 13.8 Å². The highest BCUT2D eigenvalue weighted by molar-refractivity contribution is 5.51. The molecule has 2 aromatic carbocycles. The standard InChI is InChI=1S/C16H20N2O/c1-12-3-4-13(2)16(11-12)19-10-9-18-15-7-5-14(17)6-8-15/h3-8,11,18H,9-10,17H2,1-2H3. The maximum absolute atomic E-state index is 5.78. The highest BCUT2D eigenvalue weighted by atomic mass is 16.5. The first-order chi connectivity index (χ1) is 9.15. The Morgan fingerprint density at radius 2 is 1.79 bits per heavy atom. The van der Waals surface area contributed by atoms with E-state index >= 15 is 0 Å². The van der Waals surface area contributed by atoms with E-state index in [1.807, 2.05) is 24.3 Å². The second-order valence-corrected chi connectivity index (χ2v) is 4.67. The largest absolute Gasteiger partial charge is 0.491 e. The minimum atomic E-state index is 0.634. The molecule has 0 unspecified atom stereocenters. The van der Waals surface area contributed by atoms with Gasteiger partial charge in [-0.3, -0.25) is 0 Å². The number of ether oxygens (including phenoxy) is 1. The van der Waals surface area contributed by atoms with E-state index in [1.54, 1.807) is 0 Å². The summed E-state index contributed by atoms with van der Waals surface area (Å²) in [6, 6.07) is 13.9. The molecule has 19 heavy (non-hydrogen) atoms. The van der Waals surface area contributed by atoms with Crippen molar-refractivity contribution in [2.24, 2.45) is 0 Å². The van der Waals surface area contributed by atoms with Gasteiger partial charge in [-0.05, 0) is 55.3 Å². The number of hydrogen-bond acceptors (Lipinski definition) is 3. The van der Waals surface area contributed by atoms with E-state index in [-0.39, 0.29) is 0 Å². The fourth-order valence-corrected chi connectivity index (χ4v) is 1.82. The molecule has 0 amide bonds. The van der Waals surface area contributed by atoms with Crippen molar-refractivity contribution in [1.29, 1.82) is 0 Å². The van der Waals surface area contributed by atoms with Crippen molar-refractivity contribution >= 4 is 11.4 Å². The van der Waals surface area contributed by atoms with Crippen molar-refractivity contribution in [2.45, 2.75) is 13.8 Å². The lowest BCUT2D eigenvalue weighted by molar-refractivity contribution is 0.330. The Balaban J connectivity index is 1.80. The van der Waals surface area contributed by atoms with Gasteiger partial charge < -0.3 is 15.8 Å². The maximum Gasteiger partial charge on any atom is 0.122 e. The maximum atomic E-state index is 5.78. The molecule has 0 fully saturated rings. The Kier molecular flexibility index (Phi) is 4.29. The Morgan fingerprint density at radius 3 is 2.53 bits per heavy atom. The van der Waals surface area contributed by atoms with Crippen molar-refractivity contribution in [3.63, 3.8) is 0 Å². The molecule has 0 aliphatic heterocycles. The molecule has 0 saturated heterocycles. The lowest BCUT2D eigenvalue weighted by Crippen LogP contribution is -2.12. The SMILES string of the molecule is Cc1ccc(C)c(OCCNc2ccc(N)cc2)c1. The highest BCUT2D eigenvalue weighted by Gasteiger charge is 1.99. The van der Waals surface area contributed by atoms with E-state index in [0.29, 0.717) is 6.61 Å². The van der Waals surface area contributed by atoms with E-state index in [2.05, 4.69) is 37.4 Å². The van der Waals surface area contributed by atoms with Gasteiger partial charge in [-0.15, -0.1) is 0 Å². The first-order valence-electron chi connectivity index (χ1n) is 6.44. The van der Waals surface area contributed by atoms with Gasteiger partial charge in [0.05, 0.1) is 0 Å². The zero-order valence-corrected chi connectivity index (χ0v) is 11.4. The Labute approximate surface area is 114 Å². The van der Waals surface area contributed by atoms with E-state index in [4.69, 9.17) is 10.5 Å². The summed E-state index contributed by atoms with van der Waals surface area (Å²) in [5.74, 6) is 0.958. The molecule has 2 aromatic rings. The number of aryl methyl sites for hydroxylation is 2. The number of hydrogen-bond donors (Lipinski definition) is 2. The number of benzene rings is 2. The third-order valence-corrected chi connectivity index (χ3v) is 2.94. The van der Waals surface area contributed by atoms with Gasteiger partial charge >= 0.3 is 0 Å². The molecule has 0 saturated carbocycles. The Morgan fingerprint density at radius 1 is 1.05 bits per heavy atom. The molecule has 3 N–H and O–H groups in total. The molecular weight excluding hydrogens is 236 g/mol. The highest BCUT2D eigenvalue weighted by Crippen LogP contribution is 2.19. The molecule has 0 heterocycles. The van der Waals surface area contributed by atoms with Crippen molar-refractivity contribution in [3.05, 3.63) is 53.6 Å².